The Morgan fingerprint density at radius 1 is 1.22 bits per heavy atom. The van der Waals surface area contributed by atoms with Crippen LogP contribution in [-0.4, -0.2) is 23.3 Å². The number of hydrogen-bond donors (Lipinski definition) is 3. The van der Waals surface area contributed by atoms with Gasteiger partial charge in [0.2, 0.25) is 5.65 Å². The lowest BCUT2D eigenvalue weighted by Gasteiger charge is -2.10. The summed E-state index contributed by atoms with van der Waals surface area (Å²) in [6.45, 7) is 4.08. The second kappa shape index (κ2) is 7.75. The molecule has 2 aromatic carbocycles. The van der Waals surface area contributed by atoms with Gasteiger partial charge in [-0.3, -0.25) is 4.98 Å². The Hall–Kier alpha value is -4.31. The summed E-state index contributed by atoms with van der Waals surface area (Å²) in [5.41, 5.74) is 10.6. The molecule has 0 aliphatic carbocycles. The summed E-state index contributed by atoms with van der Waals surface area (Å²) in [6, 6.07) is 16.3. The third-order valence-corrected chi connectivity index (χ3v) is 5.96. The first-order valence-corrected chi connectivity index (χ1v) is 10.5. The van der Waals surface area contributed by atoms with Crippen LogP contribution in [0.1, 0.15) is 29.2 Å². The molecule has 0 saturated heterocycles. The second-order valence-corrected chi connectivity index (χ2v) is 7.64. The number of nitrogens with zero attached hydrogens (tertiary/aromatic N) is 3. The average molecular weight is 424 g/mol. The van der Waals surface area contributed by atoms with Crippen LogP contribution in [0.2, 0.25) is 0 Å². The summed E-state index contributed by atoms with van der Waals surface area (Å²) in [6.07, 6.45) is 4.49. The number of para-hydroxylation sites is 2. The fourth-order valence-electron chi connectivity index (χ4n) is 4.33. The van der Waals surface area contributed by atoms with Gasteiger partial charge in [0.25, 0.3) is 5.82 Å². The summed E-state index contributed by atoms with van der Waals surface area (Å²) < 4.78 is 7.41. The van der Waals surface area contributed by atoms with E-state index in [0.29, 0.717) is 5.56 Å². The van der Waals surface area contributed by atoms with Gasteiger partial charge < -0.3 is 9.72 Å². The molecule has 3 N–H and O–H groups in total. The molecule has 5 rings (SSSR count). The molecule has 32 heavy (non-hydrogen) atoms. The van der Waals surface area contributed by atoms with Crippen LogP contribution < -0.4 is 14.6 Å². The quantitative estimate of drug-likeness (QED) is 0.219. The standard InChI is InChI=1S/C25H22N6O/c1-4-18-15(2)20(12-26)24-29-22-7-5-6-8-23(22)31(24)25(18)30-28-14-16-13-27-21-10-9-17(32-3)11-19(16)21/h5-11,13-14H,4H2,1-3H3,(H2,27,28,29,30)/p+1. The molecule has 0 fully saturated rings. The lowest BCUT2D eigenvalue weighted by atomic mass is 10.0. The Morgan fingerprint density at radius 2 is 2.06 bits per heavy atom. The number of benzene rings is 2. The third kappa shape index (κ3) is 2.96. The van der Waals surface area contributed by atoms with E-state index in [9.17, 15) is 5.26 Å². The number of imidazole rings is 1. The highest BCUT2D eigenvalue weighted by Gasteiger charge is 2.24. The highest BCUT2D eigenvalue weighted by Crippen LogP contribution is 2.26. The number of nitrogens with one attached hydrogen (secondary N) is 3. The first kappa shape index (κ1) is 19.6. The lowest BCUT2D eigenvalue weighted by Crippen LogP contribution is -2.28. The molecule has 0 amide bonds. The monoisotopic (exact) mass is 423 g/mol. The predicted molar refractivity (Wildman–Crippen MR) is 126 cm³/mol. The Bertz CT molecular complexity index is 1550. The highest BCUT2D eigenvalue weighted by atomic mass is 16.5. The molecule has 0 atom stereocenters. The Morgan fingerprint density at radius 3 is 2.84 bits per heavy atom. The zero-order chi connectivity index (χ0) is 22.2. The Balaban J connectivity index is 1.65. The van der Waals surface area contributed by atoms with Gasteiger partial charge in [-0.1, -0.05) is 19.1 Å². The van der Waals surface area contributed by atoms with E-state index >= 15 is 0 Å². The fraction of sp³-hybridized carbons (Fsp3) is 0.160. The van der Waals surface area contributed by atoms with E-state index in [2.05, 4.69) is 37.9 Å². The molecule has 0 spiro atoms. The van der Waals surface area contributed by atoms with Gasteiger partial charge in [-0.15, -0.1) is 5.10 Å². The fourth-order valence-corrected chi connectivity index (χ4v) is 4.33. The second-order valence-electron chi connectivity index (χ2n) is 7.64. The Kier molecular flexibility index (Phi) is 4.75. The molecule has 0 radical (unpaired) electrons. The molecule has 0 unspecified atom stereocenters. The normalized spacial score (nSPS) is 11.6. The minimum atomic E-state index is 0.649. The van der Waals surface area contributed by atoms with Crippen molar-refractivity contribution in [3.63, 3.8) is 0 Å². The number of aromatic amines is 2. The molecule has 5 aromatic rings. The highest BCUT2D eigenvalue weighted by molar-refractivity contribution is 5.99. The van der Waals surface area contributed by atoms with Crippen LogP contribution in [0.15, 0.2) is 53.8 Å². The van der Waals surface area contributed by atoms with Crippen molar-refractivity contribution in [1.29, 1.82) is 5.26 Å². The zero-order valence-electron chi connectivity index (χ0n) is 18.2. The molecule has 3 aromatic heterocycles. The number of H-pyrrole nitrogens is 2. The maximum absolute atomic E-state index is 9.85. The van der Waals surface area contributed by atoms with Crippen molar-refractivity contribution in [2.45, 2.75) is 20.3 Å². The molecule has 0 aliphatic heterocycles. The van der Waals surface area contributed by atoms with Gasteiger partial charge in [0, 0.05) is 28.2 Å². The van der Waals surface area contributed by atoms with Crippen LogP contribution in [0.3, 0.4) is 0 Å². The van der Waals surface area contributed by atoms with Crippen molar-refractivity contribution >= 4 is 39.6 Å². The van der Waals surface area contributed by atoms with Crippen LogP contribution in [0.5, 0.6) is 5.75 Å². The average Bonchev–Trinajstić information content (AvgIpc) is 3.40. The van der Waals surface area contributed by atoms with Crippen molar-refractivity contribution in [2.75, 3.05) is 12.5 Å². The molecular formula is C25H23N6O+. The van der Waals surface area contributed by atoms with E-state index in [1.165, 1.54) is 0 Å². The van der Waals surface area contributed by atoms with Crippen molar-refractivity contribution in [3.8, 4) is 11.8 Å². The minimum Gasteiger partial charge on any atom is -0.497 e. The molecule has 3 heterocycles. The van der Waals surface area contributed by atoms with Gasteiger partial charge in [-0.05, 0) is 49.2 Å². The lowest BCUT2D eigenvalue weighted by molar-refractivity contribution is -0.465. The van der Waals surface area contributed by atoms with Crippen LogP contribution in [0, 0.1) is 18.3 Å². The van der Waals surface area contributed by atoms with Crippen molar-refractivity contribution in [3.05, 3.63) is 70.9 Å². The number of nitriles is 1. The van der Waals surface area contributed by atoms with Gasteiger partial charge in [0.15, 0.2) is 0 Å². The van der Waals surface area contributed by atoms with Crippen LogP contribution in [0.25, 0.3) is 27.6 Å². The largest absolute Gasteiger partial charge is 0.497 e. The molecule has 7 heteroatoms. The molecule has 7 nitrogen and oxygen atoms in total. The van der Waals surface area contributed by atoms with E-state index in [4.69, 9.17) is 4.74 Å². The van der Waals surface area contributed by atoms with Crippen molar-refractivity contribution in [1.82, 2.24) is 9.97 Å². The van der Waals surface area contributed by atoms with E-state index in [1.54, 1.807) is 13.3 Å². The van der Waals surface area contributed by atoms with Gasteiger partial charge in [-0.25, -0.2) is 0 Å². The van der Waals surface area contributed by atoms with E-state index < -0.39 is 0 Å². The number of pyridine rings is 1. The molecule has 0 aliphatic rings. The summed E-state index contributed by atoms with van der Waals surface area (Å²) in [5.74, 6) is 1.65. The maximum atomic E-state index is 9.85. The SMILES string of the molecule is CCc1c(C)c(C#N)c2[nH]c3ccccc3[n+]2c1N/N=C/c1c[nH]c2ccc(OC)cc12. The molecule has 158 valence electrons. The summed E-state index contributed by atoms with van der Waals surface area (Å²) >= 11 is 0. The number of ether oxygens (including phenoxy) is 1. The number of aromatic nitrogens is 3. The third-order valence-electron chi connectivity index (χ3n) is 5.96. The van der Waals surface area contributed by atoms with E-state index in [1.807, 2.05) is 55.6 Å². The van der Waals surface area contributed by atoms with Gasteiger partial charge in [0.1, 0.15) is 28.4 Å². The number of hydrazone groups is 1. The Labute approximate surface area is 185 Å². The minimum absolute atomic E-state index is 0.649. The topological polar surface area (TPSA) is 93.1 Å². The molecular weight excluding hydrogens is 400 g/mol. The predicted octanol–water partition coefficient (Wildman–Crippen LogP) is 4.59. The zero-order valence-corrected chi connectivity index (χ0v) is 18.2. The van der Waals surface area contributed by atoms with Crippen LogP contribution in [0.4, 0.5) is 5.82 Å². The number of hydrogen-bond acceptors (Lipinski definition) is 4. The summed E-state index contributed by atoms with van der Waals surface area (Å²) in [5, 5.41) is 15.5. The summed E-state index contributed by atoms with van der Waals surface area (Å²) in [4.78, 5) is 6.66. The first-order valence-electron chi connectivity index (χ1n) is 10.5. The number of rotatable bonds is 5. The number of anilines is 1. The smallest absolute Gasteiger partial charge is 0.253 e. The van der Waals surface area contributed by atoms with Crippen LogP contribution >= 0.6 is 0 Å². The van der Waals surface area contributed by atoms with Crippen molar-refractivity contribution in [2.24, 2.45) is 5.10 Å². The van der Waals surface area contributed by atoms with Gasteiger partial charge >= 0.3 is 0 Å². The van der Waals surface area contributed by atoms with Crippen molar-refractivity contribution < 1.29 is 9.14 Å². The van der Waals surface area contributed by atoms with Gasteiger partial charge in [0.05, 0.1) is 13.3 Å². The number of methoxy groups -OCH3 is 1. The van der Waals surface area contributed by atoms with E-state index in [0.717, 1.165) is 62.3 Å². The van der Waals surface area contributed by atoms with Gasteiger partial charge in [-0.2, -0.15) is 15.1 Å². The maximum Gasteiger partial charge on any atom is 0.253 e. The molecule has 0 bridgehead atoms. The molecule has 0 saturated carbocycles. The number of fused-ring (bicyclic) bond motifs is 4. The summed E-state index contributed by atoms with van der Waals surface area (Å²) in [7, 11) is 1.66. The van der Waals surface area contributed by atoms with E-state index in [-0.39, 0.29) is 0 Å². The van der Waals surface area contributed by atoms with Crippen LogP contribution in [-0.2, 0) is 6.42 Å². The first-order chi connectivity index (χ1) is 15.7.